The number of hydrogen-bond acceptors (Lipinski definition) is 5. The van der Waals surface area contributed by atoms with Crippen molar-refractivity contribution >= 4 is 11.4 Å². The number of rotatable bonds is 0. The fraction of sp³-hybridized carbons (Fsp3) is 0. The molecule has 0 radical (unpaired) electrons. The lowest BCUT2D eigenvalue weighted by atomic mass is 9.96. The molecule has 0 N–H and O–H groups in total. The van der Waals surface area contributed by atoms with Crippen molar-refractivity contribution in [3.05, 3.63) is 41.8 Å². The van der Waals surface area contributed by atoms with Crippen LogP contribution in [0.2, 0.25) is 0 Å². The predicted molar refractivity (Wildman–Crippen MR) is 47.3 cm³/mol. The Labute approximate surface area is 78.9 Å². The van der Waals surface area contributed by atoms with Crippen LogP contribution >= 0.6 is 0 Å². The summed E-state index contributed by atoms with van der Waals surface area (Å²) in [6.07, 6.45) is 5.98. The molecule has 0 saturated carbocycles. The number of allylic oxidation sites excluding steroid dienone is 2. The molecule has 66 valence electrons. The Kier molecular flexibility index (Phi) is 1.25. The van der Waals surface area contributed by atoms with Crippen molar-refractivity contribution in [3.8, 4) is 0 Å². The van der Waals surface area contributed by atoms with Crippen molar-refractivity contribution in [1.29, 1.82) is 0 Å². The lowest BCUT2D eigenvalue weighted by Crippen LogP contribution is -2.09. The van der Waals surface area contributed by atoms with E-state index in [9.17, 15) is 4.79 Å². The van der Waals surface area contributed by atoms with Gasteiger partial charge in [-0.05, 0) is 0 Å². The number of carbonyl (C=O) groups excluding carboxylic acids is 1. The molecular formula is C9H4N4O. The average molecular weight is 184 g/mol. The molecule has 5 heteroatoms. The molecular weight excluding hydrogens is 180 g/mol. The number of hydrogen-bond donors (Lipinski definition) is 0. The van der Waals surface area contributed by atoms with Gasteiger partial charge in [0.2, 0.25) is 0 Å². The molecule has 1 aliphatic heterocycles. The number of nitrogens with zero attached hydrogens (tertiary/aromatic N) is 4. The minimum absolute atomic E-state index is 0.117. The lowest BCUT2D eigenvalue weighted by molar-refractivity contribution is 0.104. The van der Waals surface area contributed by atoms with E-state index >= 15 is 0 Å². The second-order valence-corrected chi connectivity index (χ2v) is 2.94. The molecule has 0 fully saturated rings. The highest BCUT2D eigenvalue weighted by atomic mass is 16.1. The average Bonchev–Trinajstić information content (AvgIpc) is 2.66. The van der Waals surface area contributed by atoms with E-state index in [4.69, 9.17) is 0 Å². The second kappa shape index (κ2) is 2.41. The second-order valence-electron chi connectivity index (χ2n) is 2.94. The highest BCUT2D eigenvalue weighted by Crippen LogP contribution is 2.33. The van der Waals surface area contributed by atoms with E-state index in [0.717, 1.165) is 5.57 Å². The molecule has 0 aromatic carbocycles. The van der Waals surface area contributed by atoms with E-state index < -0.39 is 0 Å². The zero-order valence-corrected chi connectivity index (χ0v) is 7.01. The van der Waals surface area contributed by atoms with Gasteiger partial charge < -0.3 is 0 Å². The summed E-state index contributed by atoms with van der Waals surface area (Å²) in [5.74, 6) is -0.117. The third-order valence-corrected chi connectivity index (χ3v) is 2.13. The molecule has 0 unspecified atom stereocenters. The third-order valence-electron chi connectivity index (χ3n) is 2.13. The summed E-state index contributed by atoms with van der Waals surface area (Å²) < 4.78 is 0. The van der Waals surface area contributed by atoms with E-state index in [1.54, 1.807) is 6.20 Å². The summed E-state index contributed by atoms with van der Waals surface area (Å²) >= 11 is 0. The molecule has 3 rings (SSSR count). The molecule has 5 nitrogen and oxygen atoms in total. The zero-order valence-electron chi connectivity index (χ0n) is 7.01. The van der Waals surface area contributed by atoms with Crippen LogP contribution in [-0.2, 0) is 0 Å². The Hall–Kier alpha value is -2.17. The Morgan fingerprint density at radius 3 is 3.14 bits per heavy atom. The number of azo groups is 1. The first kappa shape index (κ1) is 7.25. The van der Waals surface area contributed by atoms with Gasteiger partial charge in [0.15, 0.2) is 5.78 Å². The van der Waals surface area contributed by atoms with Gasteiger partial charge in [0.05, 0.1) is 17.5 Å². The summed E-state index contributed by atoms with van der Waals surface area (Å²) in [5.41, 5.74) is 2.51. The highest BCUT2D eigenvalue weighted by molar-refractivity contribution is 6.13. The van der Waals surface area contributed by atoms with Crippen LogP contribution in [0, 0.1) is 0 Å². The summed E-state index contributed by atoms with van der Waals surface area (Å²) in [5, 5.41) is 7.56. The van der Waals surface area contributed by atoms with Gasteiger partial charge in [-0.25, -0.2) is 9.97 Å². The predicted octanol–water partition coefficient (Wildman–Crippen LogP) is 1.36. The molecule has 0 saturated heterocycles. The Morgan fingerprint density at radius 1 is 1.29 bits per heavy atom. The van der Waals surface area contributed by atoms with Gasteiger partial charge in [-0.3, -0.25) is 4.79 Å². The highest BCUT2D eigenvalue weighted by Gasteiger charge is 2.25. The van der Waals surface area contributed by atoms with Crippen molar-refractivity contribution in [2.24, 2.45) is 10.2 Å². The minimum atomic E-state index is -0.117. The first-order chi connectivity index (χ1) is 6.86. The molecule has 1 aromatic rings. The van der Waals surface area contributed by atoms with Crippen LogP contribution in [0.25, 0.3) is 5.57 Å². The summed E-state index contributed by atoms with van der Waals surface area (Å²) in [4.78, 5) is 19.4. The molecule has 14 heavy (non-hydrogen) atoms. The molecule has 0 amide bonds. The molecule has 0 bridgehead atoms. The molecule has 2 aliphatic rings. The number of ketones is 1. The van der Waals surface area contributed by atoms with Crippen LogP contribution in [0.3, 0.4) is 0 Å². The standard InChI is InChI=1S/C9H4N4O/c14-8-1-7-5(3-12-13-7)9-6(8)2-10-4-11-9/h1-4H. The van der Waals surface area contributed by atoms with E-state index in [1.807, 2.05) is 0 Å². The van der Waals surface area contributed by atoms with Gasteiger partial charge in [0, 0.05) is 17.8 Å². The van der Waals surface area contributed by atoms with E-state index in [0.29, 0.717) is 17.0 Å². The normalized spacial score (nSPS) is 17.3. The fourth-order valence-corrected chi connectivity index (χ4v) is 1.48. The minimum Gasteiger partial charge on any atom is -0.289 e. The van der Waals surface area contributed by atoms with Crippen molar-refractivity contribution in [2.45, 2.75) is 0 Å². The Bertz CT molecular complexity index is 527. The lowest BCUT2D eigenvalue weighted by Gasteiger charge is -2.10. The summed E-state index contributed by atoms with van der Waals surface area (Å²) in [7, 11) is 0. The molecule has 1 aliphatic carbocycles. The van der Waals surface area contributed by atoms with Crippen LogP contribution in [0.15, 0.2) is 40.7 Å². The van der Waals surface area contributed by atoms with Gasteiger partial charge in [0.1, 0.15) is 12.0 Å². The Morgan fingerprint density at radius 2 is 2.21 bits per heavy atom. The van der Waals surface area contributed by atoms with Crippen molar-refractivity contribution in [2.75, 3.05) is 0 Å². The largest absolute Gasteiger partial charge is 0.289 e. The fourth-order valence-electron chi connectivity index (χ4n) is 1.48. The van der Waals surface area contributed by atoms with Crippen molar-refractivity contribution in [3.63, 3.8) is 0 Å². The van der Waals surface area contributed by atoms with E-state index in [-0.39, 0.29) is 5.78 Å². The first-order valence-corrected chi connectivity index (χ1v) is 4.04. The topological polar surface area (TPSA) is 67.6 Å². The van der Waals surface area contributed by atoms with Gasteiger partial charge in [0.25, 0.3) is 0 Å². The van der Waals surface area contributed by atoms with E-state index in [2.05, 4.69) is 20.2 Å². The SMILES string of the molecule is O=C1C=C2N=NC=C2c2ncncc21. The summed E-state index contributed by atoms with van der Waals surface area (Å²) in [6.45, 7) is 0. The first-order valence-electron chi connectivity index (χ1n) is 4.04. The zero-order chi connectivity index (χ0) is 9.54. The van der Waals surface area contributed by atoms with Crippen LogP contribution in [0.5, 0.6) is 0 Å². The smallest absolute Gasteiger partial charge is 0.191 e. The maximum Gasteiger partial charge on any atom is 0.191 e. The quantitative estimate of drug-likeness (QED) is 0.611. The maximum atomic E-state index is 11.5. The van der Waals surface area contributed by atoms with E-state index in [1.165, 1.54) is 18.6 Å². The van der Waals surface area contributed by atoms with Crippen LogP contribution in [0.4, 0.5) is 0 Å². The number of carbonyl (C=O) groups is 1. The van der Waals surface area contributed by atoms with Gasteiger partial charge in [-0.1, -0.05) is 0 Å². The van der Waals surface area contributed by atoms with Crippen LogP contribution < -0.4 is 0 Å². The van der Waals surface area contributed by atoms with Gasteiger partial charge in [-0.15, -0.1) is 0 Å². The molecule has 1 aromatic heterocycles. The van der Waals surface area contributed by atoms with Gasteiger partial charge in [-0.2, -0.15) is 10.2 Å². The van der Waals surface area contributed by atoms with Crippen LogP contribution in [0.1, 0.15) is 16.1 Å². The molecule has 0 spiro atoms. The van der Waals surface area contributed by atoms with Crippen LogP contribution in [-0.4, -0.2) is 15.8 Å². The molecule has 0 atom stereocenters. The van der Waals surface area contributed by atoms with Crippen molar-refractivity contribution < 1.29 is 4.79 Å². The monoisotopic (exact) mass is 184 g/mol. The number of aromatic nitrogens is 2. The third kappa shape index (κ3) is 0.806. The van der Waals surface area contributed by atoms with Gasteiger partial charge >= 0.3 is 0 Å². The summed E-state index contributed by atoms with van der Waals surface area (Å²) in [6, 6.07) is 0. The molecule has 2 heterocycles. The number of fused-ring (bicyclic) bond motifs is 3. The van der Waals surface area contributed by atoms with Crippen molar-refractivity contribution in [1.82, 2.24) is 9.97 Å². The Balaban J connectivity index is 2.33. The maximum absolute atomic E-state index is 11.5.